The molecule has 1 aromatic heterocycles. The van der Waals surface area contributed by atoms with Crippen LogP contribution in [0.5, 0.6) is 0 Å². The highest BCUT2D eigenvalue weighted by molar-refractivity contribution is 5.21. The second kappa shape index (κ2) is 2.55. The Morgan fingerprint density at radius 1 is 1.67 bits per heavy atom. The van der Waals surface area contributed by atoms with E-state index in [9.17, 15) is 0 Å². The van der Waals surface area contributed by atoms with Gasteiger partial charge in [0.05, 0.1) is 11.9 Å². The second-order valence-electron chi connectivity index (χ2n) is 3.56. The van der Waals surface area contributed by atoms with Crippen LogP contribution < -0.4 is 5.73 Å². The molecule has 0 aliphatic heterocycles. The summed E-state index contributed by atoms with van der Waals surface area (Å²) in [6.45, 7) is 0.755. The fourth-order valence-electron chi connectivity index (χ4n) is 1.83. The molecule has 1 aliphatic carbocycles. The molecule has 0 bridgehead atoms. The van der Waals surface area contributed by atoms with Crippen molar-refractivity contribution in [2.75, 3.05) is 6.54 Å². The lowest BCUT2D eigenvalue weighted by atomic mass is 9.99. The molecule has 4 nitrogen and oxygen atoms in total. The number of aromatic nitrogens is 3. The zero-order valence-corrected chi connectivity index (χ0v) is 7.32. The van der Waals surface area contributed by atoms with Gasteiger partial charge in [-0.2, -0.15) is 0 Å². The first kappa shape index (κ1) is 7.73. The zero-order valence-electron chi connectivity index (χ0n) is 7.32. The first-order chi connectivity index (χ1) is 5.78. The van der Waals surface area contributed by atoms with Gasteiger partial charge in [-0.15, -0.1) is 5.10 Å². The van der Waals surface area contributed by atoms with E-state index < -0.39 is 0 Å². The zero-order chi connectivity index (χ0) is 8.60. The Kier molecular flexibility index (Phi) is 1.65. The van der Waals surface area contributed by atoms with E-state index in [1.54, 1.807) is 0 Å². The van der Waals surface area contributed by atoms with Crippen molar-refractivity contribution >= 4 is 0 Å². The average Bonchev–Trinajstić information content (AvgIpc) is 2.68. The lowest BCUT2D eigenvalue weighted by Gasteiger charge is -2.12. The van der Waals surface area contributed by atoms with Gasteiger partial charge in [0, 0.05) is 12.5 Å². The number of nitrogens with zero attached hydrogens (tertiary/aromatic N) is 3. The molecule has 66 valence electrons. The Hall–Kier alpha value is -0.900. The van der Waals surface area contributed by atoms with Gasteiger partial charge >= 0.3 is 0 Å². The van der Waals surface area contributed by atoms with E-state index in [0.29, 0.717) is 5.41 Å². The molecule has 4 heteroatoms. The molecule has 1 aliphatic rings. The molecule has 0 saturated heterocycles. The molecule has 0 radical (unpaired) electrons. The van der Waals surface area contributed by atoms with Gasteiger partial charge in [0.2, 0.25) is 0 Å². The van der Waals surface area contributed by atoms with Gasteiger partial charge in [0.25, 0.3) is 0 Å². The number of rotatable bonds is 3. The SMILES string of the molecule is Cn1nncc1C1(CCN)CC1. The molecule has 1 aromatic rings. The molecule has 12 heavy (non-hydrogen) atoms. The summed E-state index contributed by atoms with van der Waals surface area (Å²) in [5, 5.41) is 7.81. The quantitative estimate of drug-likeness (QED) is 0.697. The van der Waals surface area contributed by atoms with Crippen LogP contribution in [0.1, 0.15) is 25.0 Å². The lowest BCUT2D eigenvalue weighted by Crippen LogP contribution is -2.16. The topological polar surface area (TPSA) is 56.7 Å². The maximum atomic E-state index is 5.56. The minimum Gasteiger partial charge on any atom is -0.330 e. The third kappa shape index (κ3) is 1.03. The lowest BCUT2D eigenvalue weighted by molar-refractivity contribution is 0.556. The largest absolute Gasteiger partial charge is 0.330 e. The van der Waals surface area contributed by atoms with E-state index >= 15 is 0 Å². The molecular weight excluding hydrogens is 152 g/mol. The fourth-order valence-corrected chi connectivity index (χ4v) is 1.83. The molecule has 0 aromatic carbocycles. The maximum Gasteiger partial charge on any atom is 0.0730 e. The fraction of sp³-hybridized carbons (Fsp3) is 0.750. The van der Waals surface area contributed by atoms with Crippen LogP contribution in [0.4, 0.5) is 0 Å². The van der Waals surface area contributed by atoms with Crippen LogP contribution in [0.3, 0.4) is 0 Å². The van der Waals surface area contributed by atoms with Crippen LogP contribution in [-0.4, -0.2) is 21.5 Å². The Labute approximate surface area is 71.8 Å². The average molecular weight is 166 g/mol. The summed E-state index contributed by atoms with van der Waals surface area (Å²) in [7, 11) is 1.94. The highest BCUT2D eigenvalue weighted by atomic mass is 15.4. The monoisotopic (exact) mass is 166 g/mol. The van der Waals surface area contributed by atoms with Crippen molar-refractivity contribution < 1.29 is 0 Å². The van der Waals surface area contributed by atoms with Gasteiger partial charge in [-0.05, 0) is 25.8 Å². The van der Waals surface area contributed by atoms with Crippen LogP contribution in [-0.2, 0) is 12.5 Å². The van der Waals surface area contributed by atoms with Crippen molar-refractivity contribution in [3.05, 3.63) is 11.9 Å². The highest BCUT2D eigenvalue weighted by Crippen LogP contribution is 2.50. The predicted molar refractivity (Wildman–Crippen MR) is 45.6 cm³/mol. The second-order valence-corrected chi connectivity index (χ2v) is 3.56. The highest BCUT2D eigenvalue weighted by Gasteiger charge is 2.45. The van der Waals surface area contributed by atoms with E-state index in [1.165, 1.54) is 18.5 Å². The number of nitrogens with two attached hydrogens (primary N) is 1. The predicted octanol–water partition coefficient (Wildman–Crippen LogP) is 0.195. The van der Waals surface area contributed by atoms with Gasteiger partial charge < -0.3 is 5.73 Å². The standard InChI is InChI=1S/C8H14N4/c1-12-7(6-10-11-12)8(2-3-8)4-5-9/h6H,2-5,9H2,1H3. The Bertz CT molecular complexity index is 274. The minimum atomic E-state index is 0.326. The molecule has 0 amide bonds. The van der Waals surface area contributed by atoms with E-state index in [1.807, 2.05) is 17.9 Å². The molecule has 2 rings (SSSR count). The van der Waals surface area contributed by atoms with Crippen molar-refractivity contribution in [2.24, 2.45) is 12.8 Å². The van der Waals surface area contributed by atoms with Crippen molar-refractivity contribution in [1.29, 1.82) is 0 Å². The van der Waals surface area contributed by atoms with Crippen LogP contribution in [0.15, 0.2) is 6.20 Å². The summed E-state index contributed by atoms with van der Waals surface area (Å²) in [5.74, 6) is 0. The van der Waals surface area contributed by atoms with Crippen molar-refractivity contribution in [3.63, 3.8) is 0 Å². The summed E-state index contributed by atoms with van der Waals surface area (Å²) in [6.07, 6.45) is 5.41. The van der Waals surface area contributed by atoms with Crippen molar-refractivity contribution in [1.82, 2.24) is 15.0 Å². The molecule has 0 atom stereocenters. The molecule has 1 fully saturated rings. The maximum absolute atomic E-state index is 5.56. The number of aryl methyl sites for hydroxylation is 1. The van der Waals surface area contributed by atoms with E-state index in [2.05, 4.69) is 10.3 Å². The van der Waals surface area contributed by atoms with Crippen LogP contribution in [0.25, 0.3) is 0 Å². The van der Waals surface area contributed by atoms with E-state index in [4.69, 9.17) is 5.73 Å². The number of hydrogen-bond donors (Lipinski definition) is 1. The summed E-state index contributed by atoms with van der Waals surface area (Å²) < 4.78 is 1.86. The molecule has 2 N–H and O–H groups in total. The Balaban J connectivity index is 2.24. The summed E-state index contributed by atoms with van der Waals surface area (Å²) in [6, 6.07) is 0. The van der Waals surface area contributed by atoms with E-state index in [-0.39, 0.29) is 0 Å². The van der Waals surface area contributed by atoms with Crippen LogP contribution in [0, 0.1) is 0 Å². The van der Waals surface area contributed by atoms with Crippen LogP contribution >= 0.6 is 0 Å². The van der Waals surface area contributed by atoms with Crippen molar-refractivity contribution in [3.8, 4) is 0 Å². The van der Waals surface area contributed by atoms with Gasteiger partial charge in [0.15, 0.2) is 0 Å². The van der Waals surface area contributed by atoms with Crippen LogP contribution in [0.2, 0.25) is 0 Å². The molecule has 0 unspecified atom stereocenters. The third-order valence-electron chi connectivity index (χ3n) is 2.73. The summed E-state index contributed by atoms with van der Waals surface area (Å²) in [5.41, 5.74) is 7.13. The number of hydrogen-bond acceptors (Lipinski definition) is 3. The Morgan fingerprint density at radius 2 is 2.42 bits per heavy atom. The van der Waals surface area contributed by atoms with Crippen molar-refractivity contribution in [2.45, 2.75) is 24.7 Å². The summed E-state index contributed by atoms with van der Waals surface area (Å²) in [4.78, 5) is 0. The molecule has 1 heterocycles. The Morgan fingerprint density at radius 3 is 2.83 bits per heavy atom. The summed E-state index contributed by atoms with van der Waals surface area (Å²) >= 11 is 0. The smallest absolute Gasteiger partial charge is 0.0730 e. The molecule has 0 spiro atoms. The molecule has 1 saturated carbocycles. The van der Waals surface area contributed by atoms with Gasteiger partial charge in [-0.25, -0.2) is 0 Å². The van der Waals surface area contributed by atoms with Gasteiger partial charge in [-0.3, -0.25) is 4.68 Å². The normalized spacial score (nSPS) is 19.5. The molecular formula is C8H14N4. The van der Waals surface area contributed by atoms with Gasteiger partial charge in [0.1, 0.15) is 0 Å². The first-order valence-corrected chi connectivity index (χ1v) is 4.34. The third-order valence-corrected chi connectivity index (χ3v) is 2.73. The van der Waals surface area contributed by atoms with E-state index in [0.717, 1.165) is 13.0 Å². The minimum absolute atomic E-state index is 0.326. The van der Waals surface area contributed by atoms with Gasteiger partial charge in [-0.1, -0.05) is 5.21 Å². The first-order valence-electron chi connectivity index (χ1n) is 4.34.